The summed E-state index contributed by atoms with van der Waals surface area (Å²) in [4.78, 5) is 26.7. The molecule has 1 atom stereocenters. The molecule has 0 spiro atoms. The summed E-state index contributed by atoms with van der Waals surface area (Å²) in [5.41, 5.74) is 0. The van der Waals surface area contributed by atoms with Gasteiger partial charge in [-0.2, -0.15) is 0 Å². The Balaban J connectivity index is 2.03. The lowest BCUT2D eigenvalue weighted by Crippen LogP contribution is -2.51. The molecule has 21 heavy (non-hydrogen) atoms. The van der Waals surface area contributed by atoms with Crippen molar-refractivity contribution >= 4 is 11.8 Å². The molecule has 0 saturated carbocycles. The molecule has 1 saturated heterocycles. The zero-order chi connectivity index (χ0) is 15.2. The van der Waals surface area contributed by atoms with Crippen LogP contribution in [0, 0.1) is 5.92 Å². The fraction of sp³-hybridized carbons (Fsp3) is 0.625. The van der Waals surface area contributed by atoms with Crippen molar-refractivity contribution in [3.05, 3.63) is 24.2 Å². The standard InChI is InChI=1S/C16H24N2O3/c1-12(2)14(17-15(19)13-8-7-11-21-13)16(20)18-9-5-3-4-6-10-18/h7-8,11-12,14H,3-6,9-10H2,1-2H3,(H,17,19). The third-order valence-corrected chi connectivity index (χ3v) is 3.88. The maximum absolute atomic E-state index is 12.7. The van der Waals surface area contributed by atoms with Crippen molar-refractivity contribution in [1.82, 2.24) is 10.2 Å². The van der Waals surface area contributed by atoms with Crippen LogP contribution < -0.4 is 5.32 Å². The predicted molar refractivity (Wildman–Crippen MR) is 79.8 cm³/mol. The number of hydrogen-bond acceptors (Lipinski definition) is 3. The van der Waals surface area contributed by atoms with E-state index < -0.39 is 6.04 Å². The number of amides is 2. The Morgan fingerprint density at radius 2 is 1.86 bits per heavy atom. The second kappa shape index (κ2) is 7.29. The van der Waals surface area contributed by atoms with Crippen molar-refractivity contribution in [3.8, 4) is 0 Å². The van der Waals surface area contributed by atoms with E-state index in [2.05, 4.69) is 5.32 Å². The fourth-order valence-electron chi connectivity index (χ4n) is 2.62. The van der Waals surface area contributed by atoms with Crippen LogP contribution in [0.4, 0.5) is 0 Å². The van der Waals surface area contributed by atoms with Crippen molar-refractivity contribution in [1.29, 1.82) is 0 Å². The van der Waals surface area contributed by atoms with Gasteiger partial charge in [0.1, 0.15) is 6.04 Å². The Kier molecular flexibility index (Phi) is 5.42. The molecule has 1 aliphatic heterocycles. The quantitative estimate of drug-likeness (QED) is 0.927. The molecule has 1 fully saturated rings. The lowest BCUT2D eigenvalue weighted by molar-refractivity contribution is -0.134. The molecule has 0 bridgehead atoms. The van der Waals surface area contributed by atoms with E-state index in [0.717, 1.165) is 25.9 Å². The van der Waals surface area contributed by atoms with Crippen molar-refractivity contribution < 1.29 is 14.0 Å². The molecule has 5 nitrogen and oxygen atoms in total. The van der Waals surface area contributed by atoms with Gasteiger partial charge in [0.2, 0.25) is 5.91 Å². The van der Waals surface area contributed by atoms with Gasteiger partial charge in [0.15, 0.2) is 5.76 Å². The van der Waals surface area contributed by atoms with Gasteiger partial charge < -0.3 is 14.6 Å². The largest absolute Gasteiger partial charge is 0.459 e. The average molecular weight is 292 g/mol. The van der Waals surface area contributed by atoms with Crippen LogP contribution in [0.2, 0.25) is 0 Å². The van der Waals surface area contributed by atoms with Crippen molar-refractivity contribution in [2.45, 2.75) is 45.6 Å². The minimum atomic E-state index is -0.499. The Labute approximate surface area is 125 Å². The molecule has 0 aromatic carbocycles. The number of carbonyl (C=O) groups excluding carboxylic acids is 2. The molecular formula is C16H24N2O3. The van der Waals surface area contributed by atoms with Gasteiger partial charge in [0.05, 0.1) is 6.26 Å². The van der Waals surface area contributed by atoms with E-state index in [1.165, 1.54) is 19.1 Å². The van der Waals surface area contributed by atoms with E-state index in [4.69, 9.17) is 4.42 Å². The molecular weight excluding hydrogens is 268 g/mol. The summed E-state index contributed by atoms with van der Waals surface area (Å²) in [5, 5.41) is 2.81. The highest BCUT2D eigenvalue weighted by atomic mass is 16.3. The Morgan fingerprint density at radius 1 is 1.19 bits per heavy atom. The Bertz CT molecular complexity index is 460. The highest BCUT2D eigenvalue weighted by molar-refractivity contribution is 5.95. The molecule has 116 valence electrons. The van der Waals surface area contributed by atoms with E-state index in [1.54, 1.807) is 12.1 Å². The third-order valence-electron chi connectivity index (χ3n) is 3.88. The van der Waals surface area contributed by atoms with E-state index in [1.807, 2.05) is 18.7 Å². The smallest absolute Gasteiger partial charge is 0.287 e. The zero-order valence-corrected chi connectivity index (χ0v) is 12.8. The van der Waals surface area contributed by atoms with Crippen LogP contribution in [-0.4, -0.2) is 35.8 Å². The number of hydrogen-bond donors (Lipinski definition) is 1. The third kappa shape index (κ3) is 4.09. The number of carbonyl (C=O) groups is 2. The number of furan rings is 1. The van der Waals surface area contributed by atoms with Gasteiger partial charge in [0, 0.05) is 13.1 Å². The van der Waals surface area contributed by atoms with Gasteiger partial charge in [-0.3, -0.25) is 9.59 Å². The summed E-state index contributed by atoms with van der Waals surface area (Å²) >= 11 is 0. The Morgan fingerprint density at radius 3 is 2.38 bits per heavy atom. The maximum atomic E-state index is 12.7. The summed E-state index contributed by atoms with van der Waals surface area (Å²) in [6.07, 6.45) is 5.89. The maximum Gasteiger partial charge on any atom is 0.287 e. The summed E-state index contributed by atoms with van der Waals surface area (Å²) in [6.45, 7) is 5.48. The van der Waals surface area contributed by atoms with E-state index in [0.29, 0.717) is 0 Å². The molecule has 2 amide bonds. The lowest BCUT2D eigenvalue weighted by atomic mass is 10.0. The summed E-state index contributed by atoms with van der Waals surface area (Å²) in [7, 11) is 0. The van der Waals surface area contributed by atoms with Gasteiger partial charge in [-0.05, 0) is 30.9 Å². The molecule has 2 rings (SSSR count). The normalized spacial score (nSPS) is 17.4. The number of likely N-dealkylation sites (tertiary alicyclic amines) is 1. The second-order valence-corrected chi connectivity index (χ2v) is 5.91. The van der Waals surface area contributed by atoms with E-state index in [9.17, 15) is 9.59 Å². The Hall–Kier alpha value is -1.78. The minimum Gasteiger partial charge on any atom is -0.459 e. The van der Waals surface area contributed by atoms with Gasteiger partial charge in [-0.1, -0.05) is 26.7 Å². The summed E-state index contributed by atoms with van der Waals surface area (Å²) < 4.78 is 5.08. The van der Waals surface area contributed by atoms with Crippen LogP contribution >= 0.6 is 0 Å². The lowest BCUT2D eigenvalue weighted by Gasteiger charge is -2.28. The molecule has 1 unspecified atom stereocenters. The van der Waals surface area contributed by atoms with Crippen LogP contribution in [-0.2, 0) is 4.79 Å². The first-order valence-corrected chi connectivity index (χ1v) is 7.72. The SMILES string of the molecule is CC(C)C(NC(=O)c1ccco1)C(=O)N1CCCCCC1. The number of nitrogens with one attached hydrogen (secondary N) is 1. The molecule has 1 aliphatic rings. The first-order chi connectivity index (χ1) is 10.1. The van der Waals surface area contributed by atoms with Crippen LogP contribution in [0.5, 0.6) is 0 Å². The van der Waals surface area contributed by atoms with Crippen molar-refractivity contribution in [2.75, 3.05) is 13.1 Å². The van der Waals surface area contributed by atoms with Crippen molar-refractivity contribution in [3.63, 3.8) is 0 Å². The molecule has 0 radical (unpaired) electrons. The monoisotopic (exact) mass is 292 g/mol. The highest BCUT2D eigenvalue weighted by Gasteiger charge is 2.29. The van der Waals surface area contributed by atoms with Gasteiger partial charge in [-0.15, -0.1) is 0 Å². The van der Waals surface area contributed by atoms with Gasteiger partial charge in [0.25, 0.3) is 5.91 Å². The molecule has 2 heterocycles. The van der Waals surface area contributed by atoms with Crippen LogP contribution in [0.15, 0.2) is 22.8 Å². The summed E-state index contributed by atoms with van der Waals surface area (Å²) in [6, 6.07) is 2.76. The van der Waals surface area contributed by atoms with Crippen LogP contribution in [0.25, 0.3) is 0 Å². The van der Waals surface area contributed by atoms with E-state index in [-0.39, 0.29) is 23.5 Å². The molecule has 1 aromatic rings. The molecule has 5 heteroatoms. The van der Waals surface area contributed by atoms with Crippen LogP contribution in [0.1, 0.15) is 50.1 Å². The molecule has 0 aliphatic carbocycles. The van der Waals surface area contributed by atoms with E-state index >= 15 is 0 Å². The molecule has 1 N–H and O–H groups in total. The minimum absolute atomic E-state index is 0.0202. The van der Waals surface area contributed by atoms with Gasteiger partial charge >= 0.3 is 0 Å². The number of nitrogens with zero attached hydrogens (tertiary/aromatic N) is 1. The number of rotatable bonds is 4. The fourth-order valence-corrected chi connectivity index (χ4v) is 2.62. The summed E-state index contributed by atoms with van der Waals surface area (Å²) in [5.74, 6) is -0.0299. The zero-order valence-electron chi connectivity index (χ0n) is 12.8. The van der Waals surface area contributed by atoms with Crippen LogP contribution in [0.3, 0.4) is 0 Å². The molecule has 1 aromatic heterocycles. The average Bonchev–Trinajstić information content (AvgIpc) is 2.86. The second-order valence-electron chi connectivity index (χ2n) is 5.91. The van der Waals surface area contributed by atoms with Crippen molar-refractivity contribution in [2.24, 2.45) is 5.92 Å². The first-order valence-electron chi connectivity index (χ1n) is 7.72. The predicted octanol–water partition coefficient (Wildman–Crippen LogP) is 2.44. The topological polar surface area (TPSA) is 62.6 Å². The van der Waals surface area contributed by atoms with Gasteiger partial charge in [-0.25, -0.2) is 0 Å². The first kappa shape index (κ1) is 15.6. The highest BCUT2D eigenvalue weighted by Crippen LogP contribution is 2.14.